The minimum absolute atomic E-state index is 0.152. The van der Waals surface area contributed by atoms with Crippen molar-refractivity contribution >= 4 is 5.97 Å². The number of hydrogen-bond donors (Lipinski definition) is 1. The van der Waals surface area contributed by atoms with Gasteiger partial charge in [-0.1, -0.05) is 0 Å². The van der Waals surface area contributed by atoms with E-state index in [1.807, 2.05) is 12.1 Å². The van der Waals surface area contributed by atoms with E-state index >= 15 is 0 Å². The normalized spacial score (nSPS) is 13.8. The van der Waals surface area contributed by atoms with Crippen LogP contribution in [0, 0.1) is 0 Å². The van der Waals surface area contributed by atoms with Crippen molar-refractivity contribution in [3.05, 3.63) is 35.8 Å². The highest BCUT2D eigenvalue weighted by Crippen LogP contribution is 2.27. The number of pyridine rings is 1. The zero-order chi connectivity index (χ0) is 13.9. The number of hydrogen-bond acceptors (Lipinski definition) is 5. The molecule has 1 N–H and O–H groups in total. The van der Waals surface area contributed by atoms with Crippen LogP contribution in [0.2, 0.25) is 0 Å². The predicted molar refractivity (Wildman–Crippen MR) is 72.9 cm³/mol. The number of carbonyl (C=O) groups excluding carboxylic acids is 1. The molecule has 0 saturated carbocycles. The molecule has 2 aromatic rings. The van der Waals surface area contributed by atoms with Gasteiger partial charge in [-0.3, -0.25) is 14.5 Å². The number of ether oxygens (including phenoxy) is 1. The highest BCUT2D eigenvalue weighted by Gasteiger charge is 2.22. The van der Waals surface area contributed by atoms with Crippen LogP contribution in [0.25, 0.3) is 11.3 Å². The quantitative estimate of drug-likeness (QED) is 0.836. The van der Waals surface area contributed by atoms with E-state index in [9.17, 15) is 4.79 Å². The Morgan fingerprint density at radius 1 is 1.55 bits per heavy atom. The second-order valence-corrected chi connectivity index (χ2v) is 4.68. The summed E-state index contributed by atoms with van der Waals surface area (Å²) in [4.78, 5) is 15.6. The van der Waals surface area contributed by atoms with Crippen LogP contribution in [0.3, 0.4) is 0 Å². The van der Waals surface area contributed by atoms with Crippen LogP contribution < -0.4 is 5.32 Å². The van der Waals surface area contributed by atoms with Gasteiger partial charge in [0.05, 0.1) is 12.8 Å². The summed E-state index contributed by atoms with van der Waals surface area (Å²) >= 11 is 0. The summed E-state index contributed by atoms with van der Waals surface area (Å²) in [7, 11) is 1.39. The van der Waals surface area contributed by atoms with Crippen molar-refractivity contribution in [2.24, 2.45) is 0 Å². The van der Waals surface area contributed by atoms with Gasteiger partial charge in [-0.25, -0.2) is 0 Å². The van der Waals surface area contributed by atoms with Crippen LogP contribution in [-0.2, 0) is 29.0 Å². The molecule has 20 heavy (non-hydrogen) atoms. The Kier molecular flexibility index (Phi) is 3.47. The van der Waals surface area contributed by atoms with Crippen molar-refractivity contribution in [1.82, 2.24) is 20.1 Å². The third-order valence-electron chi connectivity index (χ3n) is 3.45. The molecule has 6 heteroatoms. The Morgan fingerprint density at radius 3 is 3.20 bits per heavy atom. The molecule has 0 unspecified atom stereocenters. The molecule has 2 aromatic heterocycles. The van der Waals surface area contributed by atoms with Gasteiger partial charge in [0.25, 0.3) is 0 Å². The summed E-state index contributed by atoms with van der Waals surface area (Å²) in [5.41, 5.74) is 4.11. The average molecular weight is 272 g/mol. The topological polar surface area (TPSA) is 69.0 Å². The number of nitrogens with zero attached hydrogens (tertiary/aromatic N) is 3. The number of methoxy groups -OCH3 is 1. The summed E-state index contributed by atoms with van der Waals surface area (Å²) < 4.78 is 6.49. The van der Waals surface area contributed by atoms with Gasteiger partial charge in [0.2, 0.25) is 0 Å². The van der Waals surface area contributed by atoms with Crippen LogP contribution in [-0.4, -0.2) is 34.4 Å². The Bertz CT molecular complexity index is 622. The van der Waals surface area contributed by atoms with Crippen molar-refractivity contribution in [3.8, 4) is 11.3 Å². The third kappa shape index (κ3) is 2.30. The standard InChI is InChI=1S/C14H16N4O2/c1-20-13(19)9-18-12-4-6-16-8-11(12)14(17-18)10-3-2-5-15-7-10/h2-3,5,7,16H,4,6,8-9H2,1H3. The van der Waals surface area contributed by atoms with Crippen LogP contribution in [0.1, 0.15) is 11.3 Å². The van der Waals surface area contributed by atoms with Gasteiger partial charge in [-0.15, -0.1) is 0 Å². The molecule has 0 radical (unpaired) electrons. The maximum atomic E-state index is 11.5. The van der Waals surface area contributed by atoms with E-state index in [2.05, 4.69) is 15.4 Å². The highest BCUT2D eigenvalue weighted by atomic mass is 16.5. The molecule has 0 aliphatic carbocycles. The van der Waals surface area contributed by atoms with Crippen molar-refractivity contribution in [2.45, 2.75) is 19.5 Å². The molecule has 3 heterocycles. The van der Waals surface area contributed by atoms with Gasteiger partial charge in [-0.2, -0.15) is 5.10 Å². The molecule has 0 fully saturated rings. The number of carbonyl (C=O) groups is 1. The second kappa shape index (κ2) is 5.42. The van der Waals surface area contributed by atoms with E-state index in [1.54, 1.807) is 17.1 Å². The molecule has 104 valence electrons. The summed E-state index contributed by atoms with van der Waals surface area (Å²) in [6.07, 6.45) is 4.39. The molecular weight excluding hydrogens is 256 g/mol. The highest BCUT2D eigenvalue weighted by molar-refractivity contribution is 5.70. The first kappa shape index (κ1) is 12.8. The van der Waals surface area contributed by atoms with Crippen LogP contribution in [0.5, 0.6) is 0 Å². The first-order valence-electron chi connectivity index (χ1n) is 6.56. The zero-order valence-electron chi connectivity index (χ0n) is 11.3. The largest absolute Gasteiger partial charge is 0.468 e. The fourth-order valence-electron chi connectivity index (χ4n) is 2.47. The van der Waals surface area contributed by atoms with Gasteiger partial charge >= 0.3 is 5.97 Å². The van der Waals surface area contributed by atoms with Crippen LogP contribution >= 0.6 is 0 Å². The summed E-state index contributed by atoms with van der Waals surface area (Å²) in [6.45, 7) is 1.81. The zero-order valence-corrected chi connectivity index (χ0v) is 11.3. The van der Waals surface area contributed by atoms with E-state index in [0.717, 1.165) is 42.0 Å². The molecule has 1 aliphatic rings. The maximum Gasteiger partial charge on any atom is 0.327 e. The lowest BCUT2D eigenvalue weighted by atomic mass is 10.0. The first-order valence-corrected chi connectivity index (χ1v) is 6.56. The van der Waals surface area contributed by atoms with E-state index in [1.165, 1.54) is 7.11 Å². The maximum absolute atomic E-state index is 11.5. The number of rotatable bonds is 3. The van der Waals surface area contributed by atoms with Gasteiger partial charge in [0, 0.05) is 48.7 Å². The Labute approximate surface area is 116 Å². The summed E-state index contributed by atoms with van der Waals surface area (Å²) in [6, 6.07) is 3.87. The van der Waals surface area contributed by atoms with Gasteiger partial charge < -0.3 is 10.1 Å². The number of nitrogens with one attached hydrogen (secondary N) is 1. The lowest BCUT2D eigenvalue weighted by Crippen LogP contribution is -2.26. The third-order valence-corrected chi connectivity index (χ3v) is 3.45. The molecule has 0 atom stereocenters. The molecule has 0 bridgehead atoms. The second-order valence-electron chi connectivity index (χ2n) is 4.68. The van der Waals surface area contributed by atoms with Crippen LogP contribution in [0.15, 0.2) is 24.5 Å². The molecule has 0 saturated heterocycles. The molecule has 1 aliphatic heterocycles. The average Bonchev–Trinajstić information content (AvgIpc) is 2.87. The minimum Gasteiger partial charge on any atom is -0.468 e. The molecular formula is C14H16N4O2. The number of esters is 1. The van der Waals surface area contributed by atoms with Crippen molar-refractivity contribution in [1.29, 1.82) is 0 Å². The SMILES string of the molecule is COC(=O)Cn1nc(-c2cccnc2)c2c1CCNC2. The first-order chi connectivity index (χ1) is 9.79. The predicted octanol–water partition coefficient (Wildman–Crippen LogP) is 0.764. The van der Waals surface area contributed by atoms with Gasteiger partial charge in [0.1, 0.15) is 6.54 Å². The minimum atomic E-state index is -0.286. The summed E-state index contributed by atoms with van der Waals surface area (Å²) in [5, 5.41) is 7.93. The Morgan fingerprint density at radius 2 is 2.45 bits per heavy atom. The Balaban J connectivity index is 2.05. The fraction of sp³-hybridized carbons (Fsp3) is 0.357. The van der Waals surface area contributed by atoms with E-state index in [-0.39, 0.29) is 12.5 Å². The van der Waals surface area contributed by atoms with Gasteiger partial charge in [-0.05, 0) is 12.1 Å². The van der Waals surface area contributed by atoms with Crippen molar-refractivity contribution < 1.29 is 9.53 Å². The fourth-order valence-corrected chi connectivity index (χ4v) is 2.47. The van der Waals surface area contributed by atoms with E-state index in [4.69, 9.17) is 4.74 Å². The van der Waals surface area contributed by atoms with Crippen LogP contribution in [0.4, 0.5) is 0 Å². The number of aromatic nitrogens is 3. The molecule has 0 aromatic carbocycles. The van der Waals surface area contributed by atoms with Crippen molar-refractivity contribution in [2.75, 3.05) is 13.7 Å². The molecule has 0 amide bonds. The van der Waals surface area contributed by atoms with E-state index < -0.39 is 0 Å². The summed E-state index contributed by atoms with van der Waals surface area (Å²) in [5.74, 6) is -0.286. The molecule has 3 rings (SSSR count). The monoisotopic (exact) mass is 272 g/mol. The smallest absolute Gasteiger partial charge is 0.327 e. The van der Waals surface area contributed by atoms with E-state index in [0.29, 0.717) is 0 Å². The lowest BCUT2D eigenvalue weighted by Gasteiger charge is -2.15. The lowest BCUT2D eigenvalue weighted by molar-refractivity contribution is -0.141. The molecule has 6 nitrogen and oxygen atoms in total. The van der Waals surface area contributed by atoms with Gasteiger partial charge in [0.15, 0.2) is 0 Å². The Hall–Kier alpha value is -2.21. The van der Waals surface area contributed by atoms with Crippen molar-refractivity contribution in [3.63, 3.8) is 0 Å². The molecule has 0 spiro atoms. The number of fused-ring (bicyclic) bond motifs is 1.